The number of carbonyl (C=O) groups is 2. The number of hydrogen-bond acceptors (Lipinski definition) is 2. The molecule has 0 aliphatic carbocycles. The van der Waals surface area contributed by atoms with E-state index in [-0.39, 0.29) is 24.4 Å². The third-order valence-corrected chi connectivity index (χ3v) is 2.28. The van der Waals surface area contributed by atoms with Gasteiger partial charge in [-0.05, 0) is 19.1 Å². The monoisotopic (exact) mass is 244 g/mol. The molecule has 18 heavy (non-hydrogen) atoms. The second-order valence-electron chi connectivity index (χ2n) is 3.93. The van der Waals surface area contributed by atoms with E-state index in [4.69, 9.17) is 6.42 Å². The normalized spacial score (nSPS) is 11.1. The van der Waals surface area contributed by atoms with Crippen molar-refractivity contribution in [3.63, 3.8) is 0 Å². The summed E-state index contributed by atoms with van der Waals surface area (Å²) in [4.78, 5) is 23.1. The minimum absolute atomic E-state index is 0.0529. The average Bonchev–Trinajstić information content (AvgIpc) is 2.37. The van der Waals surface area contributed by atoms with E-state index in [9.17, 15) is 9.59 Å². The van der Waals surface area contributed by atoms with Crippen molar-refractivity contribution in [2.24, 2.45) is 0 Å². The van der Waals surface area contributed by atoms with E-state index in [0.29, 0.717) is 12.0 Å². The fourth-order valence-electron chi connectivity index (χ4n) is 1.41. The van der Waals surface area contributed by atoms with E-state index in [1.807, 2.05) is 13.0 Å². The lowest BCUT2D eigenvalue weighted by atomic mass is 10.2. The van der Waals surface area contributed by atoms with Crippen LogP contribution in [0.3, 0.4) is 0 Å². The Morgan fingerprint density at radius 3 is 2.61 bits per heavy atom. The van der Waals surface area contributed by atoms with Gasteiger partial charge in [0.05, 0.1) is 6.54 Å². The predicted octanol–water partition coefficient (Wildman–Crippen LogP) is 0.944. The maximum Gasteiger partial charge on any atom is 0.251 e. The molecule has 4 nitrogen and oxygen atoms in total. The highest BCUT2D eigenvalue weighted by Gasteiger charge is 2.09. The van der Waals surface area contributed by atoms with Crippen molar-refractivity contribution < 1.29 is 9.59 Å². The number of rotatable bonds is 5. The highest BCUT2D eigenvalue weighted by molar-refractivity contribution is 5.96. The topological polar surface area (TPSA) is 58.2 Å². The standard InChI is InChI=1S/C14H16N2O2/c1-3-7-11(2)16-13(17)10-15-14(18)12-8-5-4-6-9-12/h1,4-6,8-9,11H,7,10H2,2H3,(H,15,18)(H,16,17). The molecule has 4 heteroatoms. The van der Waals surface area contributed by atoms with E-state index in [0.717, 1.165) is 0 Å². The van der Waals surface area contributed by atoms with E-state index >= 15 is 0 Å². The smallest absolute Gasteiger partial charge is 0.251 e. The van der Waals surface area contributed by atoms with Gasteiger partial charge in [0.15, 0.2) is 0 Å². The molecule has 0 aliphatic heterocycles. The Kier molecular flexibility index (Phi) is 5.46. The number of amides is 2. The Morgan fingerprint density at radius 2 is 2.00 bits per heavy atom. The minimum atomic E-state index is -0.268. The second-order valence-corrected chi connectivity index (χ2v) is 3.93. The lowest BCUT2D eigenvalue weighted by molar-refractivity contribution is -0.120. The molecule has 1 rings (SSSR count). The van der Waals surface area contributed by atoms with Crippen LogP contribution >= 0.6 is 0 Å². The fraction of sp³-hybridized carbons (Fsp3) is 0.286. The van der Waals surface area contributed by atoms with Gasteiger partial charge in [-0.3, -0.25) is 9.59 Å². The summed E-state index contributed by atoms with van der Waals surface area (Å²) in [5, 5.41) is 5.24. The van der Waals surface area contributed by atoms with Gasteiger partial charge in [0, 0.05) is 18.0 Å². The van der Waals surface area contributed by atoms with Crippen LogP contribution in [-0.2, 0) is 4.79 Å². The lowest BCUT2D eigenvalue weighted by Gasteiger charge is -2.11. The zero-order valence-corrected chi connectivity index (χ0v) is 10.3. The molecule has 0 bridgehead atoms. The first kappa shape index (κ1) is 13.8. The maximum atomic E-state index is 11.6. The molecule has 1 aromatic rings. The molecule has 0 fully saturated rings. The SMILES string of the molecule is C#CCC(C)NC(=O)CNC(=O)c1ccccc1. The first-order chi connectivity index (χ1) is 8.63. The quantitative estimate of drug-likeness (QED) is 0.757. The van der Waals surface area contributed by atoms with Crippen molar-refractivity contribution in [2.75, 3.05) is 6.54 Å². The molecule has 94 valence electrons. The van der Waals surface area contributed by atoms with E-state index in [2.05, 4.69) is 16.6 Å². The first-order valence-corrected chi connectivity index (χ1v) is 5.69. The van der Waals surface area contributed by atoms with Crippen molar-refractivity contribution in [3.8, 4) is 12.3 Å². The van der Waals surface area contributed by atoms with Crippen molar-refractivity contribution in [1.82, 2.24) is 10.6 Å². The number of hydrogen-bond donors (Lipinski definition) is 2. The Balaban J connectivity index is 2.35. The third kappa shape index (κ3) is 4.71. The number of benzene rings is 1. The maximum absolute atomic E-state index is 11.6. The summed E-state index contributed by atoms with van der Waals surface area (Å²) in [6, 6.07) is 8.65. The van der Waals surface area contributed by atoms with E-state index in [1.165, 1.54) is 0 Å². The summed E-state index contributed by atoms with van der Waals surface area (Å²) in [6.45, 7) is 1.76. The molecule has 0 heterocycles. The van der Waals surface area contributed by atoms with Crippen LogP contribution < -0.4 is 10.6 Å². The lowest BCUT2D eigenvalue weighted by Crippen LogP contribution is -2.40. The van der Waals surface area contributed by atoms with Gasteiger partial charge >= 0.3 is 0 Å². The van der Waals surface area contributed by atoms with Gasteiger partial charge in [-0.2, -0.15) is 0 Å². The van der Waals surface area contributed by atoms with Crippen LogP contribution in [-0.4, -0.2) is 24.4 Å². The van der Waals surface area contributed by atoms with Crippen molar-refractivity contribution in [1.29, 1.82) is 0 Å². The van der Waals surface area contributed by atoms with Gasteiger partial charge in [-0.15, -0.1) is 12.3 Å². The second kappa shape index (κ2) is 7.13. The molecule has 2 amide bonds. The summed E-state index contributed by atoms with van der Waals surface area (Å²) in [6.07, 6.45) is 5.60. The summed E-state index contributed by atoms with van der Waals surface area (Å²) in [5.41, 5.74) is 0.530. The Bertz CT molecular complexity index is 449. The van der Waals surface area contributed by atoms with Gasteiger partial charge in [0.1, 0.15) is 0 Å². The third-order valence-electron chi connectivity index (χ3n) is 2.28. The highest BCUT2D eigenvalue weighted by Crippen LogP contribution is 1.97. The Labute approximate surface area is 107 Å². The molecule has 1 aromatic carbocycles. The zero-order valence-electron chi connectivity index (χ0n) is 10.3. The van der Waals surface area contributed by atoms with Crippen LogP contribution in [0.5, 0.6) is 0 Å². The Morgan fingerprint density at radius 1 is 1.33 bits per heavy atom. The van der Waals surface area contributed by atoms with Crippen molar-refractivity contribution >= 4 is 11.8 Å². The predicted molar refractivity (Wildman–Crippen MR) is 69.8 cm³/mol. The van der Waals surface area contributed by atoms with Crippen molar-refractivity contribution in [2.45, 2.75) is 19.4 Å². The van der Waals surface area contributed by atoms with Crippen LogP contribution in [0.2, 0.25) is 0 Å². The summed E-state index contributed by atoms with van der Waals surface area (Å²) in [5.74, 6) is 1.95. The largest absolute Gasteiger partial charge is 0.351 e. The summed E-state index contributed by atoms with van der Waals surface area (Å²) < 4.78 is 0. The molecule has 0 aliphatic rings. The van der Waals surface area contributed by atoms with Gasteiger partial charge < -0.3 is 10.6 Å². The van der Waals surface area contributed by atoms with Crippen LogP contribution in [0.25, 0.3) is 0 Å². The molecule has 0 aromatic heterocycles. The highest BCUT2D eigenvalue weighted by atomic mass is 16.2. The first-order valence-electron chi connectivity index (χ1n) is 5.69. The van der Waals surface area contributed by atoms with Crippen LogP contribution in [0.4, 0.5) is 0 Å². The molecule has 1 unspecified atom stereocenters. The van der Waals surface area contributed by atoms with Crippen LogP contribution in [0.15, 0.2) is 30.3 Å². The van der Waals surface area contributed by atoms with E-state index < -0.39 is 0 Å². The summed E-state index contributed by atoms with van der Waals surface area (Å²) in [7, 11) is 0. The van der Waals surface area contributed by atoms with Gasteiger partial charge in [0.2, 0.25) is 5.91 Å². The number of nitrogens with one attached hydrogen (secondary N) is 2. The van der Waals surface area contributed by atoms with E-state index in [1.54, 1.807) is 24.3 Å². The fourth-order valence-corrected chi connectivity index (χ4v) is 1.41. The average molecular weight is 244 g/mol. The molecule has 0 radical (unpaired) electrons. The molecule has 1 atom stereocenters. The molecule has 2 N–H and O–H groups in total. The minimum Gasteiger partial charge on any atom is -0.351 e. The van der Waals surface area contributed by atoms with Crippen LogP contribution in [0, 0.1) is 12.3 Å². The molecular formula is C14H16N2O2. The number of carbonyl (C=O) groups excluding carboxylic acids is 2. The molecular weight excluding hydrogens is 228 g/mol. The zero-order chi connectivity index (χ0) is 13.4. The van der Waals surface area contributed by atoms with Crippen LogP contribution in [0.1, 0.15) is 23.7 Å². The molecule has 0 saturated carbocycles. The molecule has 0 spiro atoms. The number of terminal acetylenes is 1. The Hall–Kier alpha value is -2.28. The van der Waals surface area contributed by atoms with Gasteiger partial charge in [-0.25, -0.2) is 0 Å². The van der Waals surface area contributed by atoms with Gasteiger partial charge in [0.25, 0.3) is 5.91 Å². The summed E-state index contributed by atoms with van der Waals surface area (Å²) >= 11 is 0. The van der Waals surface area contributed by atoms with Crippen molar-refractivity contribution in [3.05, 3.63) is 35.9 Å². The van der Waals surface area contributed by atoms with Gasteiger partial charge in [-0.1, -0.05) is 18.2 Å². The molecule has 0 saturated heterocycles.